The number of hydrogen-bond donors (Lipinski definition) is 2. The van der Waals surface area contributed by atoms with E-state index in [0.29, 0.717) is 42.9 Å². The molecule has 6 aromatic carbocycles. The van der Waals surface area contributed by atoms with E-state index in [2.05, 4.69) is 41.8 Å². The molecule has 7 heteroatoms. The summed E-state index contributed by atoms with van der Waals surface area (Å²) >= 11 is 0. The van der Waals surface area contributed by atoms with Gasteiger partial charge in [0, 0.05) is 55.6 Å². The van der Waals surface area contributed by atoms with Crippen molar-refractivity contribution in [1.82, 2.24) is 10.2 Å². The van der Waals surface area contributed by atoms with Crippen molar-refractivity contribution in [3.05, 3.63) is 192 Å². The lowest BCUT2D eigenvalue weighted by Crippen LogP contribution is -2.43. The monoisotopic (exact) mass is 770 g/mol. The van der Waals surface area contributed by atoms with Crippen LogP contribution in [0.5, 0.6) is 0 Å². The van der Waals surface area contributed by atoms with E-state index in [-0.39, 0.29) is 17.7 Å². The molecule has 0 radical (unpaired) electrons. The van der Waals surface area contributed by atoms with Gasteiger partial charge in [-0.15, -0.1) is 0 Å². The Labute approximate surface area is 343 Å². The number of urea groups is 1. The molecule has 0 fully saturated rings. The fourth-order valence-electron chi connectivity index (χ4n) is 7.10. The molecule has 3 amide bonds. The Bertz CT molecular complexity index is 2170. The first-order chi connectivity index (χ1) is 28.4. The number of nitrogens with zero attached hydrogens (tertiary/aromatic N) is 2. The maximum Gasteiger partial charge on any atom is 0.321 e. The molecular formula is C51H54N4O3. The highest BCUT2D eigenvalue weighted by Gasteiger charge is 2.27. The van der Waals surface area contributed by atoms with Crippen molar-refractivity contribution in [2.75, 3.05) is 23.8 Å². The van der Waals surface area contributed by atoms with E-state index in [1.807, 2.05) is 144 Å². The number of nitrogens with one attached hydrogen (secondary N) is 2. The van der Waals surface area contributed by atoms with Crippen molar-refractivity contribution in [3.63, 3.8) is 0 Å². The molecule has 0 unspecified atom stereocenters. The number of rotatable bonds is 19. The van der Waals surface area contributed by atoms with Gasteiger partial charge in [0.1, 0.15) is 6.04 Å². The predicted octanol–water partition coefficient (Wildman–Crippen LogP) is 11.0. The largest absolute Gasteiger partial charge is 0.373 e. The number of hydrogen-bond acceptors (Lipinski definition) is 4. The molecule has 7 nitrogen and oxygen atoms in total. The highest BCUT2D eigenvalue weighted by Crippen LogP contribution is 2.27. The third-order valence-electron chi connectivity index (χ3n) is 10.4. The third kappa shape index (κ3) is 11.5. The van der Waals surface area contributed by atoms with Gasteiger partial charge in [-0.25, -0.2) is 4.79 Å². The summed E-state index contributed by atoms with van der Waals surface area (Å²) in [5.74, 6) is -0.189. The summed E-state index contributed by atoms with van der Waals surface area (Å²) in [7, 11) is 1.79. The summed E-state index contributed by atoms with van der Waals surface area (Å²) in [4.78, 5) is 45.2. The van der Waals surface area contributed by atoms with Crippen LogP contribution < -0.4 is 15.5 Å². The second-order valence-electron chi connectivity index (χ2n) is 14.8. The molecule has 6 rings (SSSR count). The Hall–Kier alpha value is -6.47. The van der Waals surface area contributed by atoms with Crippen molar-refractivity contribution >= 4 is 29.1 Å². The van der Waals surface area contributed by atoms with E-state index in [4.69, 9.17) is 0 Å². The Morgan fingerprint density at radius 3 is 1.84 bits per heavy atom. The van der Waals surface area contributed by atoms with E-state index in [1.54, 1.807) is 11.9 Å². The molecule has 0 saturated carbocycles. The van der Waals surface area contributed by atoms with Gasteiger partial charge in [0.25, 0.3) is 0 Å². The number of unbranched alkanes of at least 4 members (excludes halogenated alkanes) is 4. The normalized spacial score (nSPS) is 11.3. The zero-order valence-electron chi connectivity index (χ0n) is 33.6. The van der Waals surface area contributed by atoms with Gasteiger partial charge in [-0.1, -0.05) is 172 Å². The fraction of sp³-hybridized carbons (Fsp3) is 0.235. The minimum Gasteiger partial charge on any atom is -0.373 e. The Balaban J connectivity index is 1.25. The van der Waals surface area contributed by atoms with Crippen molar-refractivity contribution in [1.29, 1.82) is 0 Å². The SMILES string of the molecule is CCCCCCCNC(=O)N(C)c1cccc(-c2ccc(C[C@H](Nc3ccccc3C(=O)c3ccccc3)C(=O)N(Cc3ccccc3)Cc3ccccc3)cc2)c1. The molecular weight excluding hydrogens is 717 g/mol. The molecule has 6 aromatic rings. The van der Waals surface area contributed by atoms with Crippen LogP contribution in [0.3, 0.4) is 0 Å². The van der Waals surface area contributed by atoms with Crippen LogP contribution in [0.15, 0.2) is 164 Å². The molecule has 0 aliphatic carbocycles. The maximum atomic E-state index is 14.9. The van der Waals surface area contributed by atoms with Gasteiger partial charge in [0.2, 0.25) is 5.91 Å². The summed E-state index contributed by atoms with van der Waals surface area (Å²) < 4.78 is 0. The Kier molecular flexibility index (Phi) is 15.0. The van der Waals surface area contributed by atoms with Crippen LogP contribution >= 0.6 is 0 Å². The molecule has 0 aliphatic rings. The van der Waals surface area contributed by atoms with Gasteiger partial charge < -0.3 is 15.5 Å². The number of carbonyl (C=O) groups excluding carboxylic acids is 3. The summed E-state index contributed by atoms with van der Waals surface area (Å²) in [6, 6.07) is 52.1. The molecule has 296 valence electrons. The molecule has 0 aromatic heterocycles. The molecule has 0 bridgehead atoms. The molecule has 0 heterocycles. The number of carbonyl (C=O) groups is 3. The predicted molar refractivity (Wildman–Crippen MR) is 237 cm³/mol. The van der Waals surface area contributed by atoms with Crippen LogP contribution in [0, 0.1) is 0 Å². The molecule has 0 aliphatic heterocycles. The van der Waals surface area contributed by atoms with Gasteiger partial charge in [0.05, 0.1) is 0 Å². The average molecular weight is 771 g/mol. The van der Waals surface area contributed by atoms with Crippen molar-refractivity contribution in [3.8, 4) is 11.1 Å². The van der Waals surface area contributed by atoms with E-state index in [9.17, 15) is 14.4 Å². The van der Waals surface area contributed by atoms with Crippen LogP contribution in [0.4, 0.5) is 16.2 Å². The molecule has 0 spiro atoms. The maximum absolute atomic E-state index is 14.9. The number of ketones is 1. The van der Waals surface area contributed by atoms with E-state index < -0.39 is 6.04 Å². The first-order valence-corrected chi connectivity index (χ1v) is 20.4. The van der Waals surface area contributed by atoms with Crippen LogP contribution in [0.1, 0.15) is 71.6 Å². The Morgan fingerprint density at radius 1 is 0.586 bits per heavy atom. The van der Waals surface area contributed by atoms with Gasteiger partial charge >= 0.3 is 6.03 Å². The van der Waals surface area contributed by atoms with Gasteiger partial charge in [-0.3, -0.25) is 14.5 Å². The molecule has 1 atom stereocenters. The van der Waals surface area contributed by atoms with Crippen LogP contribution in [-0.4, -0.2) is 42.3 Å². The highest BCUT2D eigenvalue weighted by molar-refractivity contribution is 6.12. The molecule has 0 saturated heterocycles. The average Bonchev–Trinajstić information content (AvgIpc) is 3.27. The Morgan fingerprint density at radius 2 is 1.19 bits per heavy atom. The standard InChI is InChI=1S/C51H54N4O3/c1-3-4-5-6-18-34-52-51(58)54(2)45-27-19-26-44(36-45)42-32-30-39(31-33-42)35-48(53-47-29-17-16-28-46(47)49(56)43-24-14-9-15-25-43)50(57)55(37-40-20-10-7-11-21-40)38-41-22-12-8-13-23-41/h7-17,19-33,36,48,53H,3-6,18,34-35,37-38H2,1-2H3,(H,52,58)/t48-/m0/s1. The first kappa shape index (κ1) is 41.2. The van der Waals surface area contributed by atoms with E-state index >= 15 is 0 Å². The molecule has 58 heavy (non-hydrogen) atoms. The lowest BCUT2D eigenvalue weighted by atomic mass is 9.98. The topological polar surface area (TPSA) is 81.8 Å². The van der Waals surface area contributed by atoms with Gasteiger partial charge in [0.15, 0.2) is 5.78 Å². The van der Waals surface area contributed by atoms with Crippen molar-refractivity contribution in [2.45, 2.75) is 64.6 Å². The van der Waals surface area contributed by atoms with E-state index in [1.165, 1.54) is 19.3 Å². The zero-order valence-corrected chi connectivity index (χ0v) is 33.6. The highest BCUT2D eigenvalue weighted by atomic mass is 16.2. The first-order valence-electron chi connectivity index (χ1n) is 20.4. The summed E-state index contributed by atoms with van der Waals surface area (Å²) in [6.07, 6.45) is 6.10. The lowest BCUT2D eigenvalue weighted by Gasteiger charge is -2.29. The second kappa shape index (κ2) is 21.2. The fourth-order valence-corrected chi connectivity index (χ4v) is 7.10. The van der Waals surface area contributed by atoms with Gasteiger partial charge in [-0.05, 0) is 58.5 Å². The summed E-state index contributed by atoms with van der Waals surface area (Å²) in [5, 5.41) is 6.60. The summed E-state index contributed by atoms with van der Waals surface area (Å²) in [6.45, 7) is 3.72. The number of para-hydroxylation sites is 1. The second-order valence-corrected chi connectivity index (χ2v) is 14.8. The van der Waals surface area contributed by atoms with Crippen LogP contribution in [0.2, 0.25) is 0 Å². The number of amides is 3. The number of benzene rings is 6. The van der Waals surface area contributed by atoms with Crippen molar-refractivity contribution in [2.24, 2.45) is 0 Å². The lowest BCUT2D eigenvalue weighted by molar-refractivity contribution is -0.133. The smallest absolute Gasteiger partial charge is 0.321 e. The summed E-state index contributed by atoms with van der Waals surface area (Å²) in [5.41, 5.74) is 7.51. The minimum absolute atomic E-state index is 0.0753. The van der Waals surface area contributed by atoms with Crippen LogP contribution in [0.25, 0.3) is 11.1 Å². The van der Waals surface area contributed by atoms with Gasteiger partial charge in [-0.2, -0.15) is 0 Å². The number of anilines is 2. The zero-order chi connectivity index (χ0) is 40.5. The van der Waals surface area contributed by atoms with E-state index in [0.717, 1.165) is 46.3 Å². The minimum atomic E-state index is -0.690. The van der Waals surface area contributed by atoms with Crippen LogP contribution in [-0.2, 0) is 24.3 Å². The van der Waals surface area contributed by atoms with Crippen molar-refractivity contribution < 1.29 is 14.4 Å². The molecule has 2 N–H and O–H groups in total. The third-order valence-corrected chi connectivity index (χ3v) is 10.4. The quantitative estimate of drug-likeness (QED) is 0.0635.